The molecule has 2 amide bonds. The molecule has 128 valence electrons. The average Bonchev–Trinajstić information content (AvgIpc) is 2.56. The second-order valence-electron chi connectivity index (χ2n) is 6.18. The van der Waals surface area contributed by atoms with E-state index in [2.05, 4.69) is 10.6 Å². The molecule has 0 spiro atoms. The molecular weight excluding hydrogens is 292 g/mol. The number of nitrogens with one attached hydrogen (secondary N) is 2. The van der Waals surface area contributed by atoms with Crippen molar-refractivity contribution in [3.8, 4) is 5.75 Å². The van der Waals surface area contributed by atoms with E-state index in [-0.39, 0.29) is 30.6 Å². The van der Waals surface area contributed by atoms with E-state index >= 15 is 0 Å². The van der Waals surface area contributed by atoms with Crippen LogP contribution in [0.15, 0.2) is 24.3 Å². The molecule has 0 aliphatic heterocycles. The number of carbonyl (C=O) groups is 1. The Morgan fingerprint density at radius 2 is 2.17 bits per heavy atom. The van der Waals surface area contributed by atoms with E-state index in [0.717, 1.165) is 37.0 Å². The lowest BCUT2D eigenvalue weighted by Gasteiger charge is -2.31. The molecule has 0 saturated heterocycles. The second kappa shape index (κ2) is 8.77. The molecule has 1 saturated carbocycles. The summed E-state index contributed by atoms with van der Waals surface area (Å²) in [6.07, 6.45) is 4.15. The molecule has 1 aromatic carbocycles. The van der Waals surface area contributed by atoms with Gasteiger partial charge in [-0.25, -0.2) is 4.79 Å². The highest BCUT2D eigenvalue weighted by Gasteiger charge is 2.26. The van der Waals surface area contributed by atoms with Gasteiger partial charge in [0.05, 0.1) is 12.6 Å². The molecule has 0 radical (unpaired) electrons. The first-order valence-corrected chi connectivity index (χ1v) is 8.54. The van der Waals surface area contributed by atoms with Crippen molar-refractivity contribution in [1.82, 2.24) is 10.6 Å². The van der Waals surface area contributed by atoms with Crippen molar-refractivity contribution in [3.05, 3.63) is 29.8 Å². The van der Waals surface area contributed by atoms with Crippen molar-refractivity contribution in [2.24, 2.45) is 5.92 Å². The van der Waals surface area contributed by atoms with Crippen LogP contribution in [-0.2, 0) is 0 Å². The lowest BCUT2D eigenvalue weighted by Crippen LogP contribution is -2.48. The molecule has 0 bridgehead atoms. The number of hydrogen-bond donors (Lipinski definition) is 3. The van der Waals surface area contributed by atoms with Crippen molar-refractivity contribution in [3.63, 3.8) is 0 Å². The van der Waals surface area contributed by atoms with E-state index in [4.69, 9.17) is 4.74 Å². The third kappa shape index (κ3) is 5.13. The topological polar surface area (TPSA) is 70.6 Å². The first kappa shape index (κ1) is 17.6. The highest BCUT2D eigenvalue weighted by molar-refractivity contribution is 5.74. The summed E-state index contributed by atoms with van der Waals surface area (Å²) in [6, 6.07) is 7.55. The Bertz CT molecular complexity index is 507. The van der Waals surface area contributed by atoms with E-state index in [1.807, 2.05) is 38.1 Å². The van der Waals surface area contributed by atoms with Crippen LogP contribution < -0.4 is 15.4 Å². The van der Waals surface area contributed by atoms with Gasteiger partial charge >= 0.3 is 6.03 Å². The summed E-state index contributed by atoms with van der Waals surface area (Å²) in [5.74, 6) is 0.984. The largest absolute Gasteiger partial charge is 0.494 e. The van der Waals surface area contributed by atoms with Crippen molar-refractivity contribution in [2.45, 2.75) is 51.6 Å². The number of hydrogen-bond acceptors (Lipinski definition) is 3. The number of ether oxygens (including phenoxy) is 1. The van der Waals surface area contributed by atoms with Gasteiger partial charge in [-0.2, -0.15) is 0 Å². The van der Waals surface area contributed by atoms with Gasteiger partial charge in [-0.1, -0.05) is 25.0 Å². The number of carbonyl (C=O) groups excluding carboxylic acids is 1. The highest BCUT2D eigenvalue weighted by Crippen LogP contribution is 2.24. The fraction of sp³-hybridized carbons (Fsp3) is 0.611. The number of urea groups is 1. The van der Waals surface area contributed by atoms with Crippen molar-refractivity contribution >= 4 is 6.03 Å². The lowest BCUT2D eigenvalue weighted by molar-refractivity contribution is 0.153. The molecule has 1 fully saturated rings. The molecule has 2 rings (SSSR count). The number of benzene rings is 1. The first-order chi connectivity index (χ1) is 11.1. The van der Waals surface area contributed by atoms with Crippen LogP contribution in [0.3, 0.4) is 0 Å². The molecule has 0 heterocycles. The molecule has 23 heavy (non-hydrogen) atoms. The van der Waals surface area contributed by atoms with Gasteiger partial charge in [0, 0.05) is 18.6 Å². The predicted molar refractivity (Wildman–Crippen MR) is 90.5 cm³/mol. The second-order valence-corrected chi connectivity index (χ2v) is 6.18. The van der Waals surface area contributed by atoms with E-state index in [9.17, 15) is 9.90 Å². The standard InChI is InChI=1S/C18H28N2O3/c1-3-23-16-9-6-8-14(11-16)13(2)19-18(22)20-17-10-5-4-7-15(17)12-21/h6,8-9,11,13,15,17,21H,3-5,7,10,12H2,1-2H3,(H2,19,20,22). The number of rotatable bonds is 6. The molecule has 5 nitrogen and oxygen atoms in total. The first-order valence-electron chi connectivity index (χ1n) is 8.54. The van der Waals surface area contributed by atoms with Crippen molar-refractivity contribution in [2.75, 3.05) is 13.2 Å². The van der Waals surface area contributed by atoms with Gasteiger partial charge in [0.1, 0.15) is 5.75 Å². The number of aliphatic hydroxyl groups excluding tert-OH is 1. The minimum Gasteiger partial charge on any atom is -0.494 e. The van der Waals surface area contributed by atoms with Crippen LogP contribution in [0.4, 0.5) is 4.79 Å². The van der Waals surface area contributed by atoms with E-state index in [0.29, 0.717) is 6.61 Å². The van der Waals surface area contributed by atoms with Crippen LogP contribution in [0.2, 0.25) is 0 Å². The Hall–Kier alpha value is -1.75. The third-order valence-electron chi connectivity index (χ3n) is 4.48. The van der Waals surface area contributed by atoms with Gasteiger partial charge in [0.15, 0.2) is 0 Å². The van der Waals surface area contributed by atoms with Crippen LogP contribution in [-0.4, -0.2) is 30.4 Å². The summed E-state index contributed by atoms with van der Waals surface area (Å²) >= 11 is 0. The maximum absolute atomic E-state index is 12.2. The summed E-state index contributed by atoms with van der Waals surface area (Å²) in [7, 11) is 0. The summed E-state index contributed by atoms with van der Waals surface area (Å²) in [5, 5.41) is 15.4. The SMILES string of the molecule is CCOc1cccc(C(C)NC(=O)NC2CCCCC2CO)c1. The normalized spacial score (nSPS) is 22.2. The van der Waals surface area contributed by atoms with E-state index < -0.39 is 0 Å². The maximum atomic E-state index is 12.2. The highest BCUT2D eigenvalue weighted by atomic mass is 16.5. The summed E-state index contributed by atoms with van der Waals surface area (Å²) in [4.78, 5) is 12.2. The summed E-state index contributed by atoms with van der Waals surface area (Å²) in [5.41, 5.74) is 1.01. The lowest BCUT2D eigenvalue weighted by atomic mass is 9.85. The zero-order chi connectivity index (χ0) is 16.7. The minimum atomic E-state index is -0.176. The van der Waals surface area contributed by atoms with Gasteiger partial charge in [0.2, 0.25) is 0 Å². The fourth-order valence-corrected chi connectivity index (χ4v) is 3.15. The van der Waals surface area contributed by atoms with Crippen LogP contribution in [0.1, 0.15) is 51.1 Å². The van der Waals surface area contributed by atoms with Crippen molar-refractivity contribution in [1.29, 1.82) is 0 Å². The zero-order valence-electron chi connectivity index (χ0n) is 14.0. The van der Waals surface area contributed by atoms with Crippen LogP contribution in [0.5, 0.6) is 5.75 Å². The third-order valence-corrected chi connectivity index (χ3v) is 4.48. The van der Waals surface area contributed by atoms with Crippen LogP contribution >= 0.6 is 0 Å². The molecule has 3 N–H and O–H groups in total. The van der Waals surface area contributed by atoms with E-state index in [1.54, 1.807) is 0 Å². The molecule has 5 heteroatoms. The van der Waals surface area contributed by atoms with Gasteiger partial charge in [0.25, 0.3) is 0 Å². The van der Waals surface area contributed by atoms with Crippen molar-refractivity contribution < 1.29 is 14.6 Å². The predicted octanol–water partition coefficient (Wildman–Crippen LogP) is 3.00. The fourth-order valence-electron chi connectivity index (χ4n) is 3.15. The monoisotopic (exact) mass is 320 g/mol. The quantitative estimate of drug-likeness (QED) is 0.754. The minimum absolute atomic E-state index is 0.0655. The Labute approximate surface area is 138 Å². The number of amides is 2. The molecule has 3 unspecified atom stereocenters. The Balaban J connectivity index is 1.90. The molecule has 0 aromatic heterocycles. The molecule has 1 aromatic rings. The Morgan fingerprint density at radius 1 is 1.39 bits per heavy atom. The maximum Gasteiger partial charge on any atom is 0.315 e. The van der Waals surface area contributed by atoms with Gasteiger partial charge in [-0.3, -0.25) is 0 Å². The summed E-state index contributed by atoms with van der Waals surface area (Å²) in [6.45, 7) is 4.66. The smallest absolute Gasteiger partial charge is 0.315 e. The molecule has 1 aliphatic rings. The van der Waals surface area contributed by atoms with Crippen LogP contribution in [0, 0.1) is 5.92 Å². The van der Waals surface area contributed by atoms with Gasteiger partial charge in [-0.15, -0.1) is 0 Å². The van der Waals surface area contributed by atoms with Gasteiger partial charge < -0.3 is 20.5 Å². The molecule has 1 aliphatic carbocycles. The average molecular weight is 320 g/mol. The van der Waals surface area contributed by atoms with E-state index in [1.165, 1.54) is 0 Å². The Kier molecular flexibility index (Phi) is 6.71. The molecular formula is C18H28N2O3. The summed E-state index contributed by atoms with van der Waals surface area (Å²) < 4.78 is 5.50. The van der Waals surface area contributed by atoms with Gasteiger partial charge in [-0.05, 0) is 44.4 Å². The zero-order valence-corrected chi connectivity index (χ0v) is 14.0. The number of aliphatic hydroxyl groups is 1. The molecule has 3 atom stereocenters. The Morgan fingerprint density at radius 3 is 2.91 bits per heavy atom. The van der Waals surface area contributed by atoms with Crippen LogP contribution in [0.25, 0.3) is 0 Å².